The first-order valence-electron chi connectivity index (χ1n) is 6.85. The zero-order valence-corrected chi connectivity index (χ0v) is 13.2. The van der Waals surface area contributed by atoms with Gasteiger partial charge in [-0.05, 0) is 44.4 Å². The van der Waals surface area contributed by atoms with E-state index in [1.165, 1.54) is 17.7 Å². The van der Waals surface area contributed by atoms with Gasteiger partial charge in [-0.2, -0.15) is 0 Å². The van der Waals surface area contributed by atoms with E-state index in [2.05, 4.69) is 17.9 Å². The van der Waals surface area contributed by atoms with Crippen LogP contribution >= 0.6 is 22.9 Å². The second-order valence-corrected chi connectivity index (χ2v) is 7.15. The number of halogens is 1. The van der Waals surface area contributed by atoms with E-state index in [4.69, 9.17) is 22.1 Å². The van der Waals surface area contributed by atoms with Crippen molar-refractivity contribution in [2.75, 3.05) is 26.8 Å². The summed E-state index contributed by atoms with van der Waals surface area (Å²) in [5.41, 5.74) is 6.22. The number of rotatable bonds is 5. The fourth-order valence-corrected chi connectivity index (χ4v) is 4.29. The third kappa shape index (κ3) is 3.92. The third-order valence-corrected chi connectivity index (χ3v) is 5.03. The highest BCUT2D eigenvalue weighted by Gasteiger charge is 2.30. The summed E-state index contributed by atoms with van der Waals surface area (Å²) in [4.78, 5) is 3.78. The Labute approximate surface area is 124 Å². The average molecular weight is 303 g/mol. The third-order valence-electron chi connectivity index (χ3n) is 3.73. The molecule has 1 aromatic rings. The van der Waals surface area contributed by atoms with E-state index in [9.17, 15) is 0 Å². The molecule has 0 spiro atoms. The van der Waals surface area contributed by atoms with Crippen LogP contribution in [0.15, 0.2) is 12.1 Å². The van der Waals surface area contributed by atoms with Gasteiger partial charge in [0.25, 0.3) is 0 Å². The lowest BCUT2D eigenvalue weighted by molar-refractivity contribution is 0.0628. The van der Waals surface area contributed by atoms with Crippen LogP contribution in [0.2, 0.25) is 4.34 Å². The average Bonchev–Trinajstić information content (AvgIpc) is 2.76. The van der Waals surface area contributed by atoms with E-state index < -0.39 is 0 Å². The number of methoxy groups -OCH3 is 1. The zero-order chi connectivity index (χ0) is 13.8. The van der Waals surface area contributed by atoms with Crippen molar-refractivity contribution in [3.63, 3.8) is 0 Å². The molecule has 19 heavy (non-hydrogen) atoms. The molecule has 3 nitrogen and oxygen atoms in total. The number of piperidine rings is 1. The Morgan fingerprint density at radius 3 is 2.95 bits per heavy atom. The molecular formula is C14H23ClN2OS. The second kappa shape index (κ2) is 7.04. The lowest BCUT2D eigenvalue weighted by atomic mass is 9.95. The van der Waals surface area contributed by atoms with Crippen molar-refractivity contribution in [2.24, 2.45) is 11.7 Å². The van der Waals surface area contributed by atoms with Crippen molar-refractivity contribution in [2.45, 2.75) is 31.8 Å². The topological polar surface area (TPSA) is 38.5 Å². The predicted octanol–water partition coefficient (Wildman–Crippen LogP) is 3.15. The van der Waals surface area contributed by atoms with Crippen molar-refractivity contribution in [3.05, 3.63) is 21.3 Å². The van der Waals surface area contributed by atoms with Crippen LogP contribution in [0.3, 0.4) is 0 Å². The Hall–Kier alpha value is -0.130. The molecule has 1 aromatic heterocycles. The molecule has 108 valence electrons. The Kier molecular flexibility index (Phi) is 5.66. The minimum absolute atomic E-state index is 0.107. The molecule has 1 aliphatic rings. The largest absolute Gasteiger partial charge is 0.384 e. The van der Waals surface area contributed by atoms with Gasteiger partial charge >= 0.3 is 0 Å². The van der Waals surface area contributed by atoms with Gasteiger partial charge in [0, 0.05) is 24.6 Å². The van der Waals surface area contributed by atoms with Gasteiger partial charge < -0.3 is 10.5 Å². The molecule has 1 saturated heterocycles. The summed E-state index contributed by atoms with van der Waals surface area (Å²) in [6.45, 7) is 5.10. The molecule has 3 unspecified atom stereocenters. The summed E-state index contributed by atoms with van der Waals surface area (Å²) in [6.07, 6.45) is 2.47. The summed E-state index contributed by atoms with van der Waals surface area (Å²) in [5, 5.41) is 0. The molecule has 2 N–H and O–H groups in total. The monoisotopic (exact) mass is 302 g/mol. The number of hydrogen-bond acceptors (Lipinski definition) is 4. The normalized spacial score (nSPS) is 24.3. The maximum absolute atomic E-state index is 6.22. The van der Waals surface area contributed by atoms with Gasteiger partial charge in [-0.15, -0.1) is 11.3 Å². The SMILES string of the molecule is COCC1CCCN(C(c2ccc(Cl)s2)C(C)N)C1. The fourth-order valence-electron chi connectivity index (χ4n) is 2.98. The predicted molar refractivity (Wildman–Crippen MR) is 81.9 cm³/mol. The smallest absolute Gasteiger partial charge is 0.0931 e. The molecular weight excluding hydrogens is 280 g/mol. The van der Waals surface area contributed by atoms with E-state index in [0.29, 0.717) is 5.92 Å². The number of ether oxygens (including phenoxy) is 1. The first-order valence-corrected chi connectivity index (χ1v) is 8.05. The van der Waals surface area contributed by atoms with Crippen LogP contribution < -0.4 is 5.73 Å². The van der Waals surface area contributed by atoms with E-state index in [1.807, 2.05) is 6.07 Å². The first-order chi connectivity index (χ1) is 9.11. The molecule has 0 aromatic carbocycles. The van der Waals surface area contributed by atoms with Crippen LogP contribution in [-0.4, -0.2) is 37.7 Å². The van der Waals surface area contributed by atoms with E-state index in [0.717, 1.165) is 24.0 Å². The van der Waals surface area contributed by atoms with Crippen LogP contribution in [0, 0.1) is 5.92 Å². The molecule has 0 amide bonds. The zero-order valence-electron chi connectivity index (χ0n) is 11.6. The molecule has 0 aliphatic carbocycles. The van der Waals surface area contributed by atoms with E-state index in [-0.39, 0.29) is 12.1 Å². The molecule has 1 aliphatic heterocycles. The number of nitrogens with zero attached hydrogens (tertiary/aromatic N) is 1. The second-order valence-electron chi connectivity index (χ2n) is 5.40. The lowest BCUT2D eigenvalue weighted by Gasteiger charge is -2.39. The highest BCUT2D eigenvalue weighted by molar-refractivity contribution is 7.16. The maximum atomic E-state index is 6.22. The van der Waals surface area contributed by atoms with Crippen molar-refractivity contribution in [1.29, 1.82) is 0 Å². The highest BCUT2D eigenvalue weighted by Crippen LogP contribution is 2.34. The lowest BCUT2D eigenvalue weighted by Crippen LogP contribution is -2.45. The molecule has 0 radical (unpaired) electrons. The van der Waals surface area contributed by atoms with Crippen LogP contribution in [0.1, 0.15) is 30.7 Å². The highest BCUT2D eigenvalue weighted by atomic mass is 35.5. The van der Waals surface area contributed by atoms with Crippen LogP contribution in [-0.2, 0) is 4.74 Å². The van der Waals surface area contributed by atoms with Crippen LogP contribution in [0.4, 0.5) is 0 Å². The number of nitrogens with two attached hydrogens (primary N) is 1. The minimum atomic E-state index is 0.107. The fraction of sp³-hybridized carbons (Fsp3) is 0.714. The molecule has 3 atom stereocenters. The van der Waals surface area contributed by atoms with Gasteiger partial charge in [0.1, 0.15) is 0 Å². The quantitative estimate of drug-likeness (QED) is 0.908. The Bertz CT molecular complexity index is 395. The summed E-state index contributed by atoms with van der Waals surface area (Å²) >= 11 is 7.71. The van der Waals surface area contributed by atoms with Gasteiger partial charge in [-0.25, -0.2) is 0 Å². The molecule has 5 heteroatoms. The number of hydrogen-bond donors (Lipinski definition) is 1. The van der Waals surface area contributed by atoms with Gasteiger partial charge in [0.15, 0.2) is 0 Å². The molecule has 0 saturated carbocycles. The van der Waals surface area contributed by atoms with E-state index in [1.54, 1.807) is 18.4 Å². The van der Waals surface area contributed by atoms with Gasteiger partial charge in [0.2, 0.25) is 0 Å². The summed E-state index contributed by atoms with van der Waals surface area (Å²) in [7, 11) is 1.78. The number of thiophene rings is 1. The standard InChI is InChI=1S/C14H23ClN2OS/c1-10(16)14(12-5-6-13(15)19-12)17-7-3-4-11(8-17)9-18-2/h5-6,10-11,14H,3-4,7-9,16H2,1-2H3. The first kappa shape index (κ1) is 15.3. The maximum Gasteiger partial charge on any atom is 0.0931 e. The molecule has 0 bridgehead atoms. The Morgan fingerprint density at radius 1 is 1.58 bits per heavy atom. The summed E-state index contributed by atoms with van der Waals surface area (Å²) in [5.74, 6) is 0.621. The van der Waals surface area contributed by atoms with Crippen molar-refractivity contribution in [1.82, 2.24) is 4.90 Å². The Morgan fingerprint density at radius 2 is 2.37 bits per heavy atom. The van der Waals surface area contributed by atoms with Crippen molar-refractivity contribution >= 4 is 22.9 Å². The Balaban J connectivity index is 2.10. The molecule has 1 fully saturated rings. The van der Waals surface area contributed by atoms with Gasteiger partial charge in [-0.1, -0.05) is 11.6 Å². The molecule has 2 rings (SSSR count). The van der Waals surface area contributed by atoms with Gasteiger partial charge in [-0.3, -0.25) is 4.90 Å². The van der Waals surface area contributed by atoms with E-state index >= 15 is 0 Å². The molecule has 2 heterocycles. The van der Waals surface area contributed by atoms with Crippen LogP contribution in [0.5, 0.6) is 0 Å². The summed E-state index contributed by atoms with van der Waals surface area (Å²) < 4.78 is 6.14. The van der Waals surface area contributed by atoms with Crippen molar-refractivity contribution in [3.8, 4) is 0 Å². The summed E-state index contributed by atoms with van der Waals surface area (Å²) in [6, 6.07) is 4.46. The minimum Gasteiger partial charge on any atom is -0.384 e. The number of likely N-dealkylation sites (tertiary alicyclic amines) is 1. The van der Waals surface area contributed by atoms with Crippen LogP contribution in [0.25, 0.3) is 0 Å². The van der Waals surface area contributed by atoms with Crippen molar-refractivity contribution < 1.29 is 4.74 Å². The van der Waals surface area contributed by atoms with Gasteiger partial charge in [0.05, 0.1) is 17.0 Å².